The first-order valence-electron chi connectivity index (χ1n) is 7.50. The molecular formula is C17H21NO6. The maximum Gasteiger partial charge on any atom is 0.407 e. The summed E-state index contributed by atoms with van der Waals surface area (Å²) in [6.07, 6.45) is -0.487. The maximum absolute atomic E-state index is 11.5. The zero-order valence-corrected chi connectivity index (χ0v) is 14.2. The van der Waals surface area contributed by atoms with Crippen molar-refractivity contribution < 1.29 is 28.2 Å². The fraction of sp³-hybridized carbons (Fsp3) is 0.412. The molecule has 2 aromatic rings. The Balaban J connectivity index is 1.87. The van der Waals surface area contributed by atoms with Gasteiger partial charge in [0.1, 0.15) is 23.5 Å². The highest BCUT2D eigenvalue weighted by Crippen LogP contribution is 2.24. The van der Waals surface area contributed by atoms with Crippen LogP contribution in [0.3, 0.4) is 0 Å². The SMILES string of the molecule is COC(=O)c1cc2cc(OCCNC(=O)OC(C)(C)C)ccc2o1. The van der Waals surface area contributed by atoms with Crippen LogP contribution < -0.4 is 10.1 Å². The number of nitrogens with one attached hydrogen (secondary N) is 1. The zero-order chi connectivity index (χ0) is 17.7. The third-order valence-electron chi connectivity index (χ3n) is 2.91. The van der Waals surface area contributed by atoms with Crippen molar-refractivity contribution in [3.05, 3.63) is 30.0 Å². The lowest BCUT2D eigenvalue weighted by molar-refractivity contribution is 0.0518. The number of methoxy groups -OCH3 is 1. The first kappa shape index (κ1) is 17.7. The van der Waals surface area contributed by atoms with Crippen LogP contribution in [-0.4, -0.2) is 37.9 Å². The molecule has 0 aliphatic carbocycles. The van der Waals surface area contributed by atoms with Crippen LogP contribution in [0.2, 0.25) is 0 Å². The van der Waals surface area contributed by atoms with E-state index in [2.05, 4.69) is 10.1 Å². The van der Waals surface area contributed by atoms with Gasteiger partial charge in [0.15, 0.2) is 0 Å². The van der Waals surface area contributed by atoms with Crippen molar-refractivity contribution in [2.45, 2.75) is 26.4 Å². The molecule has 0 saturated carbocycles. The summed E-state index contributed by atoms with van der Waals surface area (Å²) in [6.45, 7) is 5.99. The second-order valence-corrected chi connectivity index (χ2v) is 6.08. The molecule has 1 heterocycles. The van der Waals surface area contributed by atoms with E-state index in [1.807, 2.05) is 0 Å². The zero-order valence-electron chi connectivity index (χ0n) is 14.2. The van der Waals surface area contributed by atoms with E-state index in [0.29, 0.717) is 17.9 Å². The molecule has 7 nitrogen and oxygen atoms in total. The van der Waals surface area contributed by atoms with Gasteiger partial charge in [-0.2, -0.15) is 0 Å². The Hall–Kier alpha value is -2.70. The third-order valence-corrected chi connectivity index (χ3v) is 2.91. The van der Waals surface area contributed by atoms with Crippen molar-refractivity contribution in [3.8, 4) is 5.75 Å². The molecule has 0 unspecified atom stereocenters. The number of furan rings is 1. The standard InChI is InChI=1S/C17H21NO6/c1-17(2,3)24-16(20)18-7-8-22-12-5-6-13-11(9-12)10-14(23-13)15(19)21-4/h5-6,9-10H,7-8H2,1-4H3,(H,18,20). The summed E-state index contributed by atoms with van der Waals surface area (Å²) >= 11 is 0. The predicted molar refractivity (Wildman–Crippen MR) is 87.3 cm³/mol. The predicted octanol–water partition coefficient (Wildman–Crippen LogP) is 3.12. The second-order valence-electron chi connectivity index (χ2n) is 6.08. The molecule has 0 saturated heterocycles. The number of benzene rings is 1. The second kappa shape index (κ2) is 7.25. The van der Waals surface area contributed by atoms with Gasteiger partial charge in [0, 0.05) is 5.39 Å². The molecule has 7 heteroatoms. The maximum atomic E-state index is 11.5. The van der Waals surface area contributed by atoms with Gasteiger partial charge >= 0.3 is 12.1 Å². The number of carbonyl (C=O) groups is 2. The molecule has 0 aliphatic heterocycles. The molecule has 1 N–H and O–H groups in total. The number of rotatable bonds is 5. The quantitative estimate of drug-likeness (QED) is 0.667. The van der Waals surface area contributed by atoms with E-state index in [0.717, 1.165) is 5.39 Å². The smallest absolute Gasteiger partial charge is 0.407 e. The summed E-state index contributed by atoms with van der Waals surface area (Å²) in [5.41, 5.74) is 0.0313. The Labute approximate surface area is 139 Å². The van der Waals surface area contributed by atoms with Crippen LogP contribution in [0, 0.1) is 0 Å². The van der Waals surface area contributed by atoms with Crippen molar-refractivity contribution >= 4 is 23.0 Å². The van der Waals surface area contributed by atoms with Crippen LogP contribution in [0.5, 0.6) is 5.75 Å². The number of hydrogen-bond donors (Lipinski definition) is 1. The topological polar surface area (TPSA) is 87.0 Å². The van der Waals surface area contributed by atoms with Gasteiger partial charge in [0.25, 0.3) is 0 Å². The molecule has 0 fully saturated rings. The summed E-state index contributed by atoms with van der Waals surface area (Å²) in [6, 6.07) is 6.77. The van der Waals surface area contributed by atoms with Gasteiger partial charge in [-0.1, -0.05) is 0 Å². The van der Waals surface area contributed by atoms with Crippen LogP contribution in [0.15, 0.2) is 28.7 Å². The van der Waals surface area contributed by atoms with Crippen molar-refractivity contribution in [2.24, 2.45) is 0 Å². The number of ether oxygens (including phenoxy) is 3. The number of carbonyl (C=O) groups excluding carboxylic acids is 2. The molecule has 0 spiro atoms. The highest BCUT2D eigenvalue weighted by molar-refractivity contribution is 5.92. The Morgan fingerprint density at radius 3 is 2.62 bits per heavy atom. The van der Waals surface area contributed by atoms with E-state index in [4.69, 9.17) is 13.9 Å². The number of hydrogen-bond acceptors (Lipinski definition) is 6. The lowest BCUT2D eigenvalue weighted by Crippen LogP contribution is -2.34. The Kier molecular flexibility index (Phi) is 5.33. The normalized spacial score (nSPS) is 11.2. The first-order valence-corrected chi connectivity index (χ1v) is 7.50. The monoisotopic (exact) mass is 335 g/mol. The van der Waals surface area contributed by atoms with Gasteiger partial charge in [-0.25, -0.2) is 9.59 Å². The molecule has 1 aromatic heterocycles. The van der Waals surface area contributed by atoms with Crippen LogP contribution >= 0.6 is 0 Å². The number of esters is 1. The molecule has 0 aliphatic rings. The molecule has 0 atom stereocenters. The fourth-order valence-electron chi connectivity index (χ4n) is 1.95. The molecule has 130 valence electrons. The van der Waals surface area contributed by atoms with Crippen molar-refractivity contribution in [3.63, 3.8) is 0 Å². The molecule has 24 heavy (non-hydrogen) atoms. The number of fused-ring (bicyclic) bond motifs is 1. The summed E-state index contributed by atoms with van der Waals surface area (Å²) in [5, 5.41) is 3.34. The van der Waals surface area contributed by atoms with Gasteiger partial charge < -0.3 is 23.9 Å². The van der Waals surface area contributed by atoms with E-state index in [1.54, 1.807) is 45.0 Å². The Bertz CT molecular complexity index is 728. The highest BCUT2D eigenvalue weighted by atomic mass is 16.6. The van der Waals surface area contributed by atoms with Crippen LogP contribution in [0.1, 0.15) is 31.3 Å². The van der Waals surface area contributed by atoms with Crippen LogP contribution in [0.4, 0.5) is 4.79 Å². The molecule has 1 aromatic carbocycles. The summed E-state index contributed by atoms with van der Waals surface area (Å²) in [5.74, 6) is 0.206. The van der Waals surface area contributed by atoms with Crippen LogP contribution in [0.25, 0.3) is 11.0 Å². The largest absolute Gasteiger partial charge is 0.492 e. The summed E-state index contributed by atoms with van der Waals surface area (Å²) in [4.78, 5) is 22.9. The molecular weight excluding hydrogens is 314 g/mol. The summed E-state index contributed by atoms with van der Waals surface area (Å²) in [7, 11) is 1.29. The molecule has 0 radical (unpaired) electrons. The number of alkyl carbamates (subject to hydrolysis) is 1. The van der Waals surface area contributed by atoms with Crippen molar-refractivity contribution in [1.82, 2.24) is 5.32 Å². The van der Waals surface area contributed by atoms with Gasteiger partial charge in [0.05, 0.1) is 13.7 Å². The van der Waals surface area contributed by atoms with Crippen LogP contribution in [-0.2, 0) is 9.47 Å². The van der Waals surface area contributed by atoms with Crippen molar-refractivity contribution in [2.75, 3.05) is 20.3 Å². The average molecular weight is 335 g/mol. The summed E-state index contributed by atoms with van der Waals surface area (Å²) < 4.78 is 20.7. The fourth-order valence-corrected chi connectivity index (χ4v) is 1.95. The molecule has 2 rings (SSSR count). The van der Waals surface area contributed by atoms with Gasteiger partial charge in [0.2, 0.25) is 5.76 Å². The van der Waals surface area contributed by atoms with Gasteiger partial charge in [-0.3, -0.25) is 0 Å². The lowest BCUT2D eigenvalue weighted by atomic mass is 10.2. The van der Waals surface area contributed by atoms with Gasteiger partial charge in [-0.05, 0) is 45.0 Å². The molecule has 1 amide bonds. The molecule has 0 bridgehead atoms. The third kappa shape index (κ3) is 4.91. The highest BCUT2D eigenvalue weighted by Gasteiger charge is 2.15. The van der Waals surface area contributed by atoms with E-state index in [1.165, 1.54) is 7.11 Å². The minimum absolute atomic E-state index is 0.135. The minimum Gasteiger partial charge on any atom is -0.492 e. The average Bonchev–Trinajstić information content (AvgIpc) is 2.92. The Morgan fingerprint density at radius 1 is 1.21 bits per heavy atom. The number of amides is 1. The minimum atomic E-state index is -0.533. The lowest BCUT2D eigenvalue weighted by Gasteiger charge is -2.19. The van der Waals surface area contributed by atoms with Gasteiger partial charge in [-0.15, -0.1) is 0 Å². The van der Waals surface area contributed by atoms with E-state index in [9.17, 15) is 9.59 Å². The van der Waals surface area contributed by atoms with E-state index >= 15 is 0 Å². The van der Waals surface area contributed by atoms with E-state index < -0.39 is 17.7 Å². The Morgan fingerprint density at radius 2 is 1.96 bits per heavy atom. The van der Waals surface area contributed by atoms with Crippen molar-refractivity contribution in [1.29, 1.82) is 0 Å². The van der Waals surface area contributed by atoms with E-state index in [-0.39, 0.29) is 12.4 Å². The first-order chi connectivity index (χ1) is 11.3.